The van der Waals surface area contributed by atoms with E-state index in [0.717, 1.165) is 28.5 Å². The van der Waals surface area contributed by atoms with E-state index in [1.807, 2.05) is 64.1 Å². The summed E-state index contributed by atoms with van der Waals surface area (Å²) in [6.45, 7) is 9.24. The average Bonchev–Trinajstić information content (AvgIpc) is 2.57. The predicted molar refractivity (Wildman–Crippen MR) is 110 cm³/mol. The van der Waals surface area contributed by atoms with Crippen molar-refractivity contribution in [1.82, 2.24) is 5.32 Å². The standard InChI is InChI=1S/C21H28N2O3S/c1-14-8-11-19(12-9-14)17(4)22-21(24)18(5)23(27(6,25)26)20-13-15(2)7-10-16(20)3/h7-13,17-18H,1-6H3,(H,22,24)/t17-,18-/m0/s1. The molecule has 0 aliphatic rings. The third kappa shape index (κ3) is 5.10. The van der Waals surface area contributed by atoms with Crippen molar-refractivity contribution in [2.24, 2.45) is 0 Å². The Balaban J connectivity index is 2.30. The minimum absolute atomic E-state index is 0.222. The second-order valence-electron chi connectivity index (χ2n) is 7.17. The molecular formula is C21H28N2O3S. The highest BCUT2D eigenvalue weighted by molar-refractivity contribution is 7.92. The van der Waals surface area contributed by atoms with Crippen LogP contribution in [0.15, 0.2) is 42.5 Å². The lowest BCUT2D eigenvalue weighted by Gasteiger charge is -2.30. The first-order valence-electron chi connectivity index (χ1n) is 8.94. The van der Waals surface area contributed by atoms with Gasteiger partial charge in [0.15, 0.2) is 0 Å². The summed E-state index contributed by atoms with van der Waals surface area (Å²) < 4.78 is 26.2. The van der Waals surface area contributed by atoms with E-state index in [1.165, 1.54) is 4.31 Å². The second-order valence-corrected chi connectivity index (χ2v) is 9.03. The molecule has 5 nitrogen and oxygen atoms in total. The quantitative estimate of drug-likeness (QED) is 0.821. The number of hydrogen-bond donors (Lipinski definition) is 1. The summed E-state index contributed by atoms with van der Waals surface area (Å²) in [6, 6.07) is 12.4. The molecule has 1 amide bonds. The smallest absolute Gasteiger partial charge is 0.244 e. The van der Waals surface area contributed by atoms with Gasteiger partial charge in [-0.2, -0.15) is 0 Å². The summed E-state index contributed by atoms with van der Waals surface area (Å²) in [5, 5.41) is 2.93. The molecule has 146 valence electrons. The van der Waals surface area contributed by atoms with Crippen LogP contribution in [-0.2, 0) is 14.8 Å². The summed E-state index contributed by atoms with van der Waals surface area (Å²) in [6.07, 6.45) is 1.13. The van der Waals surface area contributed by atoms with E-state index in [-0.39, 0.29) is 11.9 Å². The normalized spacial score (nSPS) is 13.7. The van der Waals surface area contributed by atoms with Crippen molar-refractivity contribution in [2.75, 3.05) is 10.6 Å². The highest BCUT2D eigenvalue weighted by atomic mass is 32.2. The van der Waals surface area contributed by atoms with Crippen LogP contribution in [0.2, 0.25) is 0 Å². The van der Waals surface area contributed by atoms with E-state index in [4.69, 9.17) is 0 Å². The van der Waals surface area contributed by atoms with E-state index >= 15 is 0 Å². The summed E-state index contributed by atoms with van der Waals surface area (Å²) in [5.74, 6) is -0.339. The fraction of sp³-hybridized carbons (Fsp3) is 0.381. The molecular weight excluding hydrogens is 360 g/mol. The number of aryl methyl sites for hydroxylation is 3. The molecule has 0 heterocycles. The maximum atomic E-state index is 12.8. The van der Waals surface area contributed by atoms with E-state index in [9.17, 15) is 13.2 Å². The number of hydrogen-bond acceptors (Lipinski definition) is 3. The van der Waals surface area contributed by atoms with Crippen molar-refractivity contribution in [2.45, 2.75) is 46.7 Å². The number of amides is 1. The van der Waals surface area contributed by atoms with Gasteiger partial charge in [-0.25, -0.2) is 8.42 Å². The Hall–Kier alpha value is -2.34. The number of carbonyl (C=O) groups is 1. The number of carbonyl (C=O) groups excluding carboxylic acids is 1. The molecule has 1 N–H and O–H groups in total. The maximum absolute atomic E-state index is 12.8. The Morgan fingerprint density at radius 1 is 0.963 bits per heavy atom. The molecule has 0 fully saturated rings. The molecule has 0 aromatic heterocycles. The van der Waals surface area contributed by atoms with Gasteiger partial charge in [-0.1, -0.05) is 42.0 Å². The third-order valence-corrected chi connectivity index (χ3v) is 5.85. The first kappa shape index (κ1) is 21.0. The van der Waals surface area contributed by atoms with Crippen LogP contribution in [0.4, 0.5) is 5.69 Å². The van der Waals surface area contributed by atoms with Crippen molar-refractivity contribution < 1.29 is 13.2 Å². The molecule has 0 aliphatic carbocycles. The fourth-order valence-electron chi connectivity index (χ4n) is 3.01. The molecule has 0 bridgehead atoms. The van der Waals surface area contributed by atoms with Gasteiger partial charge in [-0.3, -0.25) is 9.10 Å². The van der Waals surface area contributed by atoms with Gasteiger partial charge in [0.25, 0.3) is 0 Å². The number of anilines is 1. The highest BCUT2D eigenvalue weighted by Crippen LogP contribution is 2.26. The lowest BCUT2D eigenvalue weighted by atomic mass is 10.1. The Morgan fingerprint density at radius 2 is 1.52 bits per heavy atom. The number of nitrogens with zero attached hydrogens (tertiary/aromatic N) is 1. The molecule has 0 aliphatic heterocycles. The van der Waals surface area contributed by atoms with Gasteiger partial charge >= 0.3 is 0 Å². The summed E-state index contributed by atoms with van der Waals surface area (Å²) >= 11 is 0. The molecule has 0 radical (unpaired) electrons. The van der Waals surface area contributed by atoms with Crippen LogP contribution in [0.3, 0.4) is 0 Å². The molecule has 2 aromatic rings. The largest absolute Gasteiger partial charge is 0.348 e. The van der Waals surface area contributed by atoms with Gasteiger partial charge in [0.05, 0.1) is 18.0 Å². The minimum atomic E-state index is -3.64. The number of sulfonamides is 1. The molecule has 0 unspecified atom stereocenters. The highest BCUT2D eigenvalue weighted by Gasteiger charge is 2.30. The SMILES string of the molecule is Cc1ccc([C@H](C)NC(=O)[C@H](C)N(c2cc(C)ccc2C)S(C)(=O)=O)cc1. The van der Waals surface area contributed by atoms with Gasteiger partial charge in [-0.05, 0) is 57.4 Å². The van der Waals surface area contributed by atoms with Crippen LogP contribution >= 0.6 is 0 Å². The van der Waals surface area contributed by atoms with Crippen molar-refractivity contribution >= 4 is 21.6 Å². The van der Waals surface area contributed by atoms with Crippen LogP contribution in [0.25, 0.3) is 0 Å². The molecule has 2 atom stereocenters. The summed E-state index contributed by atoms with van der Waals surface area (Å²) in [7, 11) is -3.64. The maximum Gasteiger partial charge on any atom is 0.244 e. The van der Waals surface area contributed by atoms with Crippen molar-refractivity contribution in [3.63, 3.8) is 0 Å². The van der Waals surface area contributed by atoms with Gasteiger partial charge in [0, 0.05) is 0 Å². The van der Waals surface area contributed by atoms with Crippen LogP contribution in [0.1, 0.15) is 42.1 Å². The van der Waals surface area contributed by atoms with Gasteiger partial charge in [0.1, 0.15) is 6.04 Å². The van der Waals surface area contributed by atoms with Crippen LogP contribution < -0.4 is 9.62 Å². The monoisotopic (exact) mass is 388 g/mol. The van der Waals surface area contributed by atoms with Crippen LogP contribution in [0.5, 0.6) is 0 Å². The van der Waals surface area contributed by atoms with Crippen molar-refractivity contribution in [3.8, 4) is 0 Å². The van der Waals surface area contributed by atoms with Crippen molar-refractivity contribution in [1.29, 1.82) is 0 Å². The van der Waals surface area contributed by atoms with Gasteiger partial charge < -0.3 is 5.32 Å². The summed E-state index contributed by atoms with van der Waals surface area (Å²) in [4.78, 5) is 12.8. The first-order valence-corrected chi connectivity index (χ1v) is 10.8. The number of benzene rings is 2. The Bertz CT molecular complexity index is 921. The van der Waals surface area contributed by atoms with Gasteiger partial charge in [0.2, 0.25) is 15.9 Å². The average molecular weight is 389 g/mol. The molecule has 2 rings (SSSR count). The fourth-order valence-corrected chi connectivity index (χ4v) is 4.23. The number of nitrogens with one attached hydrogen (secondary N) is 1. The second kappa shape index (κ2) is 8.13. The molecule has 0 spiro atoms. The Labute approximate surface area is 162 Å². The zero-order valence-corrected chi connectivity index (χ0v) is 17.6. The van der Waals surface area contributed by atoms with E-state index in [0.29, 0.717) is 5.69 Å². The van der Waals surface area contributed by atoms with Gasteiger partial charge in [-0.15, -0.1) is 0 Å². The molecule has 0 saturated heterocycles. The Morgan fingerprint density at radius 3 is 2.07 bits per heavy atom. The van der Waals surface area contributed by atoms with E-state index in [2.05, 4.69) is 5.32 Å². The lowest BCUT2D eigenvalue weighted by Crippen LogP contribution is -2.48. The van der Waals surface area contributed by atoms with Crippen molar-refractivity contribution in [3.05, 3.63) is 64.7 Å². The predicted octanol–water partition coefficient (Wildman–Crippen LogP) is 3.64. The van der Waals surface area contributed by atoms with E-state index < -0.39 is 16.1 Å². The third-order valence-electron chi connectivity index (χ3n) is 4.63. The van der Waals surface area contributed by atoms with Crippen LogP contribution in [0, 0.1) is 20.8 Å². The first-order chi connectivity index (χ1) is 12.5. The number of rotatable bonds is 6. The topological polar surface area (TPSA) is 66.5 Å². The summed E-state index contributed by atoms with van der Waals surface area (Å²) in [5.41, 5.74) is 4.38. The zero-order valence-electron chi connectivity index (χ0n) is 16.8. The zero-order chi connectivity index (χ0) is 20.4. The molecule has 2 aromatic carbocycles. The minimum Gasteiger partial charge on any atom is -0.348 e. The molecule has 27 heavy (non-hydrogen) atoms. The molecule has 0 saturated carbocycles. The van der Waals surface area contributed by atoms with Crippen LogP contribution in [-0.4, -0.2) is 26.6 Å². The van der Waals surface area contributed by atoms with E-state index in [1.54, 1.807) is 13.0 Å². The lowest BCUT2D eigenvalue weighted by molar-refractivity contribution is -0.122. The Kier molecular flexibility index (Phi) is 6.31. The molecule has 6 heteroatoms.